The summed E-state index contributed by atoms with van der Waals surface area (Å²) in [5.74, 6) is -0.0954. The first-order valence-electron chi connectivity index (χ1n) is 6.90. The van der Waals surface area contributed by atoms with Crippen molar-refractivity contribution in [3.8, 4) is 0 Å². The van der Waals surface area contributed by atoms with E-state index in [1.54, 1.807) is 22.9 Å². The highest BCUT2D eigenvalue weighted by molar-refractivity contribution is 5.89. The molecule has 0 atom stereocenters. The molecule has 0 bridgehead atoms. The molecule has 2 aromatic rings. The van der Waals surface area contributed by atoms with E-state index >= 15 is 0 Å². The number of hydrogen-bond donors (Lipinski definition) is 2. The Kier molecular flexibility index (Phi) is 4.77. The molecule has 5 heteroatoms. The summed E-state index contributed by atoms with van der Waals surface area (Å²) >= 11 is 0. The van der Waals surface area contributed by atoms with Crippen LogP contribution in [0.15, 0.2) is 47.4 Å². The van der Waals surface area contributed by atoms with Crippen LogP contribution in [0.3, 0.4) is 0 Å². The van der Waals surface area contributed by atoms with Crippen LogP contribution in [0.4, 0.5) is 11.4 Å². The Hall–Kier alpha value is -2.56. The van der Waals surface area contributed by atoms with Gasteiger partial charge < -0.3 is 15.2 Å². The Labute approximate surface area is 123 Å². The highest BCUT2D eigenvalue weighted by Crippen LogP contribution is 2.16. The molecule has 0 radical (unpaired) electrons. The number of nitrogens with zero attached hydrogens (tertiary/aromatic N) is 1. The smallest absolute Gasteiger partial charge is 0.250 e. The number of carbonyl (C=O) groups excluding carboxylic acids is 1. The van der Waals surface area contributed by atoms with Crippen LogP contribution in [-0.2, 0) is 17.9 Å². The summed E-state index contributed by atoms with van der Waals surface area (Å²) in [7, 11) is 0. The van der Waals surface area contributed by atoms with Crippen molar-refractivity contribution in [1.29, 1.82) is 0 Å². The molecule has 0 aliphatic carbocycles. The van der Waals surface area contributed by atoms with Crippen LogP contribution in [0.5, 0.6) is 0 Å². The predicted octanol–water partition coefficient (Wildman–Crippen LogP) is 2.44. The molecule has 21 heavy (non-hydrogen) atoms. The highest BCUT2D eigenvalue weighted by Gasteiger charge is 2.03. The van der Waals surface area contributed by atoms with E-state index in [0.717, 1.165) is 16.9 Å². The zero-order valence-corrected chi connectivity index (χ0v) is 12.2. The van der Waals surface area contributed by atoms with Gasteiger partial charge in [0.1, 0.15) is 0 Å². The molecule has 1 aromatic carbocycles. The summed E-state index contributed by atoms with van der Waals surface area (Å²) in [6.07, 6.45) is 1.79. The van der Waals surface area contributed by atoms with Crippen molar-refractivity contribution in [1.82, 2.24) is 4.57 Å². The van der Waals surface area contributed by atoms with Gasteiger partial charge in [0.25, 0.3) is 5.56 Å². The number of nitrogens with one attached hydrogen (secondary N) is 2. The van der Waals surface area contributed by atoms with Crippen molar-refractivity contribution >= 4 is 17.3 Å². The first-order valence-corrected chi connectivity index (χ1v) is 6.90. The van der Waals surface area contributed by atoms with Crippen LogP contribution >= 0.6 is 0 Å². The molecular weight excluding hydrogens is 266 g/mol. The van der Waals surface area contributed by atoms with Crippen LogP contribution in [0.1, 0.15) is 19.4 Å². The topological polar surface area (TPSA) is 63.1 Å². The van der Waals surface area contributed by atoms with Crippen molar-refractivity contribution in [2.75, 3.05) is 10.6 Å². The van der Waals surface area contributed by atoms with Gasteiger partial charge in [-0.3, -0.25) is 9.59 Å². The summed E-state index contributed by atoms with van der Waals surface area (Å²) in [6.45, 7) is 4.62. The minimum atomic E-state index is -0.0954. The summed E-state index contributed by atoms with van der Waals surface area (Å²) in [5, 5.41) is 6.07. The number of para-hydroxylation sites is 1. The first-order chi connectivity index (χ1) is 10.1. The molecule has 1 aromatic heterocycles. The lowest BCUT2D eigenvalue weighted by atomic mass is 10.1. The van der Waals surface area contributed by atoms with Crippen LogP contribution in [0.2, 0.25) is 0 Å². The van der Waals surface area contributed by atoms with Gasteiger partial charge in [-0.15, -0.1) is 0 Å². The summed E-state index contributed by atoms with van der Waals surface area (Å²) in [5.41, 5.74) is 2.64. The zero-order valence-electron chi connectivity index (χ0n) is 12.2. The standard InChI is InChI=1S/C16H19N3O2/c1-3-19-11-14(8-9-16(19)21)17-10-13-6-4-5-7-15(13)18-12(2)20/h4-9,11,17H,3,10H2,1-2H3,(H,18,20). The maximum absolute atomic E-state index is 11.5. The lowest BCUT2D eigenvalue weighted by molar-refractivity contribution is -0.114. The molecule has 0 aliphatic rings. The second-order valence-corrected chi connectivity index (χ2v) is 4.73. The van der Waals surface area contributed by atoms with Crippen LogP contribution in [-0.4, -0.2) is 10.5 Å². The van der Waals surface area contributed by atoms with E-state index < -0.39 is 0 Å². The molecule has 0 fully saturated rings. The highest BCUT2D eigenvalue weighted by atomic mass is 16.1. The van der Waals surface area contributed by atoms with Crippen molar-refractivity contribution in [2.45, 2.75) is 26.9 Å². The lowest BCUT2D eigenvalue weighted by Gasteiger charge is -2.12. The van der Waals surface area contributed by atoms with Gasteiger partial charge in [-0.2, -0.15) is 0 Å². The number of pyridine rings is 1. The number of amides is 1. The van der Waals surface area contributed by atoms with Crippen molar-refractivity contribution in [2.24, 2.45) is 0 Å². The summed E-state index contributed by atoms with van der Waals surface area (Å²) < 4.78 is 1.64. The Morgan fingerprint density at radius 3 is 2.67 bits per heavy atom. The largest absolute Gasteiger partial charge is 0.380 e. The number of aromatic nitrogens is 1. The molecule has 110 valence electrons. The average Bonchev–Trinajstić information content (AvgIpc) is 2.47. The van der Waals surface area contributed by atoms with Gasteiger partial charge >= 0.3 is 0 Å². The number of benzene rings is 1. The van der Waals surface area contributed by atoms with E-state index in [9.17, 15) is 9.59 Å². The monoisotopic (exact) mass is 285 g/mol. The number of aryl methyl sites for hydroxylation is 1. The van der Waals surface area contributed by atoms with Gasteiger partial charge in [0, 0.05) is 38.0 Å². The Balaban J connectivity index is 2.13. The number of carbonyl (C=O) groups is 1. The zero-order chi connectivity index (χ0) is 15.2. The molecule has 0 saturated carbocycles. The second kappa shape index (κ2) is 6.74. The minimum absolute atomic E-state index is 0.0123. The third kappa shape index (κ3) is 3.95. The second-order valence-electron chi connectivity index (χ2n) is 4.73. The van der Waals surface area contributed by atoms with Crippen LogP contribution < -0.4 is 16.2 Å². The van der Waals surface area contributed by atoms with E-state index in [1.165, 1.54) is 6.92 Å². The van der Waals surface area contributed by atoms with Gasteiger partial charge in [0.15, 0.2) is 0 Å². The molecule has 0 unspecified atom stereocenters. The molecule has 0 aliphatic heterocycles. The molecular formula is C16H19N3O2. The summed E-state index contributed by atoms with van der Waals surface area (Å²) in [4.78, 5) is 22.7. The van der Waals surface area contributed by atoms with E-state index in [2.05, 4.69) is 10.6 Å². The normalized spacial score (nSPS) is 10.2. The van der Waals surface area contributed by atoms with Gasteiger partial charge in [-0.25, -0.2) is 0 Å². The first kappa shape index (κ1) is 14.8. The maximum Gasteiger partial charge on any atom is 0.250 e. The minimum Gasteiger partial charge on any atom is -0.380 e. The number of rotatable bonds is 5. The van der Waals surface area contributed by atoms with E-state index in [1.807, 2.05) is 31.2 Å². The maximum atomic E-state index is 11.5. The summed E-state index contributed by atoms with van der Waals surface area (Å²) in [6, 6.07) is 10.9. The average molecular weight is 285 g/mol. The third-order valence-electron chi connectivity index (χ3n) is 3.14. The molecule has 0 saturated heterocycles. The number of hydrogen-bond acceptors (Lipinski definition) is 3. The lowest BCUT2D eigenvalue weighted by Crippen LogP contribution is -2.18. The van der Waals surface area contributed by atoms with Crippen LogP contribution in [0, 0.1) is 0 Å². The molecule has 0 spiro atoms. The predicted molar refractivity (Wildman–Crippen MR) is 84.4 cm³/mol. The van der Waals surface area contributed by atoms with Crippen LogP contribution in [0.25, 0.3) is 0 Å². The Bertz CT molecular complexity index is 692. The van der Waals surface area contributed by atoms with Crippen molar-refractivity contribution < 1.29 is 4.79 Å². The number of anilines is 2. The van der Waals surface area contributed by atoms with Crippen molar-refractivity contribution in [3.63, 3.8) is 0 Å². The van der Waals surface area contributed by atoms with E-state index in [0.29, 0.717) is 13.1 Å². The van der Waals surface area contributed by atoms with Gasteiger partial charge in [-0.05, 0) is 24.6 Å². The molecule has 5 nitrogen and oxygen atoms in total. The molecule has 1 heterocycles. The third-order valence-corrected chi connectivity index (χ3v) is 3.14. The quantitative estimate of drug-likeness (QED) is 0.887. The molecule has 2 N–H and O–H groups in total. The van der Waals surface area contributed by atoms with Gasteiger partial charge in [-0.1, -0.05) is 18.2 Å². The fourth-order valence-electron chi connectivity index (χ4n) is 2.07. The van der Waals surface area contributed by atoms with Gasteiger partial charge in [0.05, 0.1) is 5.69 Å². The molecule has 1 amide bonds. The SMILES string of the molecule is CCn1cc(NCc2ccccc2NC(C)=O)ccc1=O. The van der Waals surface area contributed by atoms with Gasteiger partial charge in [0.2, 0.25) is 5.91 Å². The van der Waals surface area contributed by atoms with Crippen molar-refractivity contribution in [3.05, 3.63) is 58.5 Å². The fraction of sp³-hybridized carbons (Fsp3) is 0.250. The Morgan fingerprint density at radius 2 is 1.95 bits per heavy atom. The fourth-order valence-corrected chi connectivity index (χ4v) is 2.07. The van der Waals surface area contributed by atoms with E-state index in [4.69, 9.17) is 0 Å². The molecule has 2 rings (SSSR count). The Morgan fingerprint density at radius 1 is 1.19 bits per heavy atom. The van der Waals surface area contributed by atoms with E-state index in [-0.39, 0.29) is 11.5 Å².